The smallest absolute Gasteiger partial charge is 0.165 e. The fourth-order valence-corrected chi connectivity index (χ4v) is 3.98. The van der Waals surface area contributed by atoms with Crippen LogP contribution in [-0.2, 0) is 9.53 Å². The molecule has 2 aliphatic heterocycles. The number of alkyl halides is 1. The van der Waals surface area contributed by atoms with Gasteiger partial charge in [-0.15, -0.1) is 23.4 Å². The first kappa shape index (κ1) is 10.6. The van der Waals surface area contributed by atoms with Crippen molar-refractivity contribution >= 4 is 29.1 Å². The molecule has 84 valence electrons. The summed E-state index contributed by atoms with van der Waals surface area (Å²) in [5.41, 5.74) is 0. The number of benzene rings is 1. The van der Waals surface area contributed by atoms with Gasteiger partial charge >= 0.3 is 0 Å². The molecule has 0 aromatic heterocycles. The van der Waals surface area contributed by atoms with Crippen molar-refractivity contribution in [3.8, 4) is 0 Å². The number of carbonyl (C=O) groups is 1. The highest BCUT2D eigenvalue weighted by molar-refractivity contribution is 8.00. The van der Waals surface area contributed by atoms with Crippen LogP contribution in [0, 0.1) is 0 Å². The monoisotopic (exact) mass is 254 g/mol. The zero-order chi connectivity index (χ0) is 11.1. The van der Waals surface area contributed by atoms with E-state index in [1.54, 1.807) is 11.8 Å². The molecular weight excluding hydrogens is 244 g/mol. The largest absolute Gasteiger partial charge is 0.364 e. The van der Waals surface area contributed by atoms with Crippen LogP contribution in [0.1, 0.15) is 6.42 Å². The average Bonchev–Trinajstić information content (AvgIpc) is 2.80. The summed E-state index contributed by atoms with van der Waals surface area (Å²) in [7, 11) is 0. The maximum absolute atomic E-state index is 11.4. The lowest BCUT2D eigenvalue weighted by Gasteiger charge is -2.21. The Morgan fingerprint density at radius 1 is 1.31 bits per heavy atom. The number of carbonyl (C=O) groups excluding carboxylic acids is 1. The molecule has 3 rings (SSSR count). The van der Waals surface area contributed by atoms with Crippen LogP contribution in [0.2, 0.25) is 0 Å². The predicted molar refractivity (Wildman–Crippen MR) is 64.0 cm³/mol. The van der Waals surface area contributed by atoms with Crippen molar-refractivity contribution in [1.29, 1.82) is 0 Å². The molecule has 0 spiro atoms. The number of thioether (sulfide) groups is 1. The lowest BCUT2D eigenvalue weighted by atomic mass is 9.98. The van der Waals surface area contributed by atoms with E-state index in [4.69, 9.17) is 16.3 Å². The van der Waals surface area contributed by atoms with E-state index in [0.29, 0.717) is 6.42 Å². The minimum absolute atomic E-state index is 0.00482. The Labute approximate surface area is 103 Å². The van der Waals surface area contributed by atoms with Crippen molar-refractivity contribution < 1.29 is 9.53 Å². The van der Waals surface area contributed by atoms with Gasteiger partial charge in [0.15, 0.2) is 5.78 Å². The normalized spacial score (nSPS) is 36.9. The lowest BCUT2D eigenvalue weighted by molar-refractivity contribution is -0.121. The van der Waals surface area contributed by atoms with E-state index < -0.39 is 0 Å². The molecule has 4 heteroatoms. The van der Waals surface area contributed by atoms with E-state index in [1.165, 1.54) is 4.90 Å². The Morgan fingerprint density at radius 2 is 2.06 bits per heavy atom. The van der Waals surface area contributed by atoms with E-state index in [0.717, 1.165) is 0 Å². The van der Waals surface area contributed by atoms with Gasteiger partial charge < -0.3 is 4.74 Å². The molecule has 0 radical (unpaired) electrons. The van der Waals surface area contributed by atoms with Gasteiger partial charge in [0.25, 0.3) is 0 Å². The lowest BCUT2D eigenvalue weighted by Crippen LogP contribution is -2.36. The molecule has 4 atom stereocenters. The second-order valence-corrected chi connectivity index (χ2v) is 5.86. The Kier molecular flexibility index (Phi) is 2.70. The number of hydrogen-bond donors (Lipinski definition) is 0. The Bertz CT molecular complexity index is 407. The summed E-state index contributed by atoms with van der Waals surface area (Å²) in [6.07, 6.45) is 0.163. The highest BCUT2D eigenvalue weighted by atomic mass is 35.5. The second kappa shape index (κ2) is 4.06. The van der Waals surface area contributed by atoms with Crippen LogP contribution < -0.4 is 0 Å². The van der Waals surface area contributed by atoms with E-state index in [9.17, 15) is 4.79 Å². The molecule has 0 amide bonds. The number of rotatable bonds is 2. The third kappa shape index (κ3) is 1.67. The fraction of sp³-hybridized carbons (Fsp3) is 0.417. The molecule has 2 heterocycles. The van der Waals surface area contributed by atoms with Crippen LogP contribution in [0.5, 0.6) is 0 Å². The zero-order valence-electron chi connectivity index (χ0n) is 8.51. The Balaban J connectivity index is 1.76. The van der Waals surface area contributed by atoms with Gasteiger partial charge in [0.1, 0.15) is 6.10 Å². The van der Waals surface area contributed by atoms with Crippen LogP contribution in [0.4, 0.5) is 0 Å². The molecule has 1 aromatic carbocycles. The van der Waals surface area contributed by atoms with Gasteiger partial charge in [-0.05, 0) is 12.1 Å². The van der Waals surface area contributed by atoms with Crippen molar-refractivity contribution in [3.05, 3.63) is 30.3 Å². The SMILES string of the molecule is O=C1C[C@@H]2O[C@H]1[C@H](Cl)[C@H]2Sc1ccccc1. The number of halogens is 1. The zero-order valence-corrected chi connectivity index (χ0v) is 10.1. The van der Waals surface area contributed by atoms with Crippen LogP contribution in [-0.4, -0.2) is 28.6 Å². The molecular formula is C12H11ClO2S. The summed E-state index contributed by atoms with van der Waals surface area (Å²) < 4.78 is 5.58. The molecule has 2 saturated heterocycles. The fourth-order valence-electron chi connectivity index (χ4n) is 2.25. The summed E-state index contributed by atoms with van der Waals surface area (Å²) >= 11 is 7.97. The summed E-state index contributed by atoms with van der Waals surface area (Å²) in [5.74, 6) is 0.162. The number of ketones is 1. The second-order valence-electron chi connectivity index (χ2n) is 4.11. The van der Waals surface area contributed by atoms with Gasteiger partial charge in [0.2, 0.25) is 0 Å². The molecule has 0 unspecified atom stereocenters. The maximum Gasteiger partial charge on any atom is 0.165 e. The van der Waals surface area contributed by atoms with Crippen LogP contribution in [0.15, 0.2) is 35.2 Å². The summed E-state index contributed by atoms with van der Waals surface area (Å²) in [6, 6.07) is 10.1. The predicted octanol–water partition coefficient (Wildman–Crippen LogP) is 2.49. The molecule has 1 aromatic rings. The van der Waals surface area contributed by atoms with Gasteiger partial charge in [0.05, 0.1) is 16.7 Å². The maximum atomic E-state index is 11.4. The highest BCUT2D eigenvalue weighted by Gasteiger charge is 2.53. The molecule has 2 nitrogen and oxygen atoms in total. The quantitative estimate of drug-likeness (QED) is 0.759. The number of ether oxygens (including phenoxy) is 1. The van der Waals surface area contributed by atoms with Gasteiger partial charge in [-0.3, -0.25) is 4.79 Å². The van der Waals surface area contributed by atoms with Crippen molar-refractivity contribution in [3.63, 3.8) is 0 Å². The summed E-state index contributed by atoms with van der Waals surface area (Å²) in [5, 5.41) is 0.0169. The van der Waals surface area contributed by atoms with E-state index in [-0.39, 0.29) is 28.6 Å². The summed E-state index contributed by atoms with van der Waals surface area (Å²) in [4.78, 5) is 12.6. The molecule has 0 N–H and O–H groups in total. The summed E-state index contributed by atoms with van der Waals surface area (Å²) in [6.45, 7) is 0. The standard InChI is InChI=1S/C12H11ClO2S/c13-10-11-8(14)6-9(15-11)12(10)16-7-4-2-1-3-5-7/h1-5,9-12H,6H2/t9-,10-,11+,12-/m0/s1. The third-order valence-electron chi connectivity index (χ3n) is 3.03. The van der Waals surface area contributed by atoms with Gasteiger partial charge in [-0.1, -0.05) is 18.2 Å². The molecule has 2 fully saturated rings. The average molecular weight is 255 g/mol. The number of fused-ring (bicyclic) bond motifs is 2. The Morgan fingerprint density at radius 3 is 2.69 bits per heavy atom. The van der Waals surface area contributed by atoms with Gasteiger partial charge in [-0.2, -0.15) is 0 Å². The van der Waals surface area contributed by atoms with E-state index >= 15 is 0 Å². The first-order valence-corrected chi connectivity index (χ1v) is 6.61. The molecule has 0 aliphatic carbocycles. The van der Waals surface area contributed by atoms with E-state index in [1.807, 2.05) is 18.2 Å². The van der Waals surface area contributed by atoms with E-state index in [2.05, 4.69) is 12.1 Å². The molecule has 16 heavy (non-hydrogen) atoms. The van der Waals surface area contributed by atoms with Gasteiger partial charge in [0, 0.05) is 11.3 Å². The minimum atomic E-state index is -0.368. The topological polar surface area (TPSA) is 26.3 Å². The first-order valence-electron chi connectivity index (χ1n) is 5.29. The van der Waals surface area contributed by atoms with Crippen molar-refractivity contribution in [2.24, 2.45) is 0 Å². The van der Waals surface area contributed by atoms with Crippen molar-refractivity contribution in [2.45, 2.75) is 34.2 Å². The van der Waals surface area contributed by atoms with Crippen LogP contribution >= 0.6 is 23.4 Å². The number of Topliss-reactive ketones (excluding diaryl/α,β-unsaturated/α-hetero) is 1. The molecule has 0 saturated carbocycles. The van der Waals surface area contributed by atoms with Gasteiger partial charge in [-0.25, -0.2) is 0 Å². The molecule has 2 aliphatic rings. The first-order chi connectivity index (χ1) is 7.75. The van der Waals surface area contributed by atoms with Crippen LogP contribution in [0.25, 0.3) is 0 Å². The van der Waals surface area contributed by atoms with Crippen molar-refractivity contribution in [1.82, 2.24) is 0 Å². The van der Waals surface area contributed by atoms with Crippen molar-refractivity contribution in [2.75, 3.05) is 0 Å². The highest BCUT2D eigenvalue weighted by Crippen LogP contribution is 2.44. The Hall–Kier alpha value is -0.510. The number of hydrogen-bond acceptors (Lipinski definition) is 3. The minimum Gasteiger partial charge on any atom is -0.364 e. The van der Waals surface area contributed by atoms with Crippen LogP contribution in [0.3, 0.4) is 0 Å². The molecule has 2 bridgehead atoms. The third-order valence-corrected chi connectivity index (χ3v) is 5.09.